The summed E-state index contributed by atoms with van der Waals surface area (Å²) >= 11 is 0. The van der Waals surface area contributed by atoms with Crippen LogP contribution in [0.1, 0.15) is 60.3 Å². The highest BCUT2D eigenvalue weighted by Crippen LogP contribution is 2.66. The Morgan fingerprint density at radius 3 is 2.47 bits per heavy atom. The van der Waals surface area contributed by atoms with Crippen molar-refractivity contribution in [2.75, 3.05) is 7.05 Å². The Labute approximate surface area is 194 Å². The number of fused-ring (bicyclic) bond motifs is 4. The Morgan fingerprint density at radius 2 is 1.84 bits per heavy atom. The molecule has 2 aliphatic carbocycles. The summed E-state index contributed by atoms with van der Waals surface area (Å²) in [4.78, 5) is 27.8. The first-order chi connectivity index (χ1) is 14.8. The van der Waals surface area contributed by atoms with Gasteiger partial charge in [-0.25, -0.2) is 0 Å². The molecule has 2 bridgehead atoms. The number of hydrogen-bond acceptors (Lipinski definition) is 4. The second-order valence-corrected chi connectivity index (χ2v) is 17.7. The molecular weight excluding hydrogens is 418 g/mol. The molecule has 178 valence electrons. The van der Waals surface area contributed by atoms with Crippen molar-refractivity contribution in [2.45, 2.75) is 96.2 Å². The molecule has 3 aliphatic heterocycles. The fraction of sp³-hybridized carbons (Fsp3) is 0.846. The molecule has 8 atom stereocenters. The number of carbonyl (C=O) groups excluding carboxylic acids is 2. The van der Waals surface area contributed by atoms with Crippen LogP contribution in [-0.2, 0) is 18.8 Å². The number of hydrogen-bond donors (Lipinski definition) is 0. The molecule has 4 fully saturated rings. The fourth-order valence-corrected chi connectivity index (χ4v) is 9.00. The predicted octanol–water partition coefficient (Wildman–Crippen LogP) is 4.78. The molecule has 5 nitrogen and oxygen atoms in total. The second-order valence-electron chi connectivity index (χ2n) is 12.9. The predicted molar refractivity (Wildman–Crippen MR) is 126 cm³/mol. The molecule has 5 aliphatic rings. The van der Waals surface area contributed by atoms with Gasteiger partial charge in [0.25, 0.3) is 0 Å². The van der Waals surface area contributed by atoms with Gasteiger partial charge in [-0.2, -0.15) is 0 Å². The van der Waals surface area contributed by atoms with Crippen LogP contribution in [0.15, 0.2) is 11.6 Å². The molecule has 5 rings (SSSR count). The van der Waals surface area contributed by atoms with Crippen molar-refractivity contribution < 1.29 is 18.8 Å². The summed E-state index contributed by atoms with van der Waals surface area (Å²) in [5, 5.41) is 0.124. The maximum atomic E-state index is 13.4. The third kappa shape index (κ3) is 2.81. The molecule has 32 heavy (non-hydrogen) atoms. The number of ether oxygens (including phenoxy) is 1. The molecular formula is C26H41NO4Si. The molecule has 1 spiro atoms. The van der Waals surface area contributed by atoms with Crippen LogP contribution in [0.25, 0.3) is 0 Å². The highest BCUT2D eigenvalue weighted by molar-refractivity contribution is 6.74. The van der Waals surface area contributed by atoms with Gasteiger partial charge in [-0.15, -0.1) is 0 Å². The molecule has 0 aromatic heterocycles. The lowest BCUT2D eigenvalue weighted by atomic mass is 9.51. The maximum Gasteiger partial charge on any atom is 0.236 e. The number of imide groups is 1. The zero-order valence-corrected chi connectivity index (χ0v) is 22.1. The largest absolute Gasteiger partial charge is 0.414 e. The van der Waals surface area contributed by atoms with Gasteiger partial charge >= 0.3 is 0 Å². The first-order valence-electron chi connectivity index (χ1n) is 12.7. The van der Waals surface area contributed by atoms with Crippen molar-refractivity contribution in [1.82, 2.24) is 4.90 Å². The number of carbonyl (C=O) groups is 2. The minimum atomic E-state index is -2.01. The quantitative estimate of drug-likeness (QED) is 0.346. The standard InChI is InChI=1S/C26H41NO4Si/c1-14(2)16-11-12-18(31-32(7,8)25(3,4)5)21-17(16)10-9-15-13-19-20-22(26(15,21)30-19)24(29)27(6)23(20)28/h13-14,16-22H,9-12H2,1-8H3/t16-,17-,18+,19-,20-,21-,22+,26-/m1/s1. The zero-order chi connectivity index (χ0) is 23.4. The van der Waals surface area contributed by atoms with E-state index in [0.717, 1.165) is 19.3 Å². The number of rotatable bonds is 3. The summed E-state index contributed by atoms with van der Waals surface area (Å²) in [5.74, 6) is 1.03. The minimum Gasteiger partial charge on any atom is -0.414 e. The molecule has 0 radical (unpaired) electrons. The first kappa shape index (κ1) is 22.8. The van der Waals surface area contributed by atoms with Crippen LogP contribution >= 0.6 is 0 Å². The Morgan fingerprint density at radius 1 is 1.16 bits per heavy atom. The van der Waals surface area contributed by atoms with Gasteiger partial charge in [-0.05, 0) is 67.1 Å². The van der Waals surface area contributed by atoms with E-state index in [1.165, 1.54) is 16.9 Å². The van der Waals surface area contributed by atoms with Crippen LogP contribution in [0.4, 0.5) is 0 Å². The normalized spacial score (nSPS) is 43.5. The van der Waals surface area contributed by atoms with Crippen molar-refractivity contribution in [1.29, 1.82) is 0 Å². The lowest BCUT2D eigenvalue weighted by Crippen LogP contribution is -2.62. The van der Waals surface area contributed by atoms with E-state index in [4.69, 9.17) is 9.16 Å². The average molecular weight is 460 g/mol. The Bertz CT molecular complexity index is 874. The van der Waals surface area contributed by atoms with Crippen LogP contribution in [0.3, 0.4) is 0 Å². The zero-order valence-electron chi connectivity index (χ0n) is 21.1. The van der Waals surface area contributed by atoms with Gasteiger partial charge < -0.3 is 9.16 Å². The third-order valence-electron chi connectivity index (χ3n) is 10.1. The van der Waals surface area contributed by atoms with Crippen molar-refractivity contribution >= 4 is 20.1 Å². The Kier molecular flexibility index (Phi) is 5.00. The number of nitrogens with zero attached hydrogens (tertiary/aromatic N) is 1. The van der Waals surface area contributed by atoms with E-state index >= 15 is 0 Å². The third-order valence-corrected chi connectivity index (χ3v) is 14.6. The molecule has 2 amide bonds. The molecule has 2 saturated heterocycles. The number of amides is 2. The molecule has 0 aromatic carbocycles. The minimum absolute atomic E-state index is 0.0357. The first-order valence-corrected chi connectivity index (χ1v) is 15.6. The SMILES string of the molecule is CC(C)[C@H]1CC[C@H](O[Si](C)(C)C(C)(C)C)[C@H]2[C@@H]1CCC1=C[C@H]3O[C@]12[C@@H]1C(=O)N(C)C(=O)[C@@H]13. The summed E-state index contributed by atoms with van der Waals surface area (Å²) < 4.78 is 14.0. The summed E-state index contributed by atoms with van der Waals surface area (Å²) in [6.07, 6.45) is 6.39. The van der Waals surface area contributed by atoms with E-state index in [2.05, 4.69) is 53.8 Å². The second kappa shape index (κ2) is 7.02. The van der Waals surface area contributed by atoms with Crippen LogP contribution in [-0.4, -0.2) is 49.9 Å². The van der Waals surface area contributed by atoms with E-state index in [0.29, 0.717) is 17.8 Å². The summed E-state index contributed by atoms with van der Waals surface area (Å²) in [6.45, 7) is 16.2. The van der Waals surface area contributed by atoms with Gasteiger partial charge in [0, 0.05) is 13.0 Å². The number of likely N-dealkylation sites (tertiary alicyclic amines) is 1. The summed E-state index contributed by atoms with van der Waals surface area (Å²) in [5.41, 5.74) is 0.644. The highest BCUT2D eigenvalue weighted by Gasteiger charge is 2.75. The molecule has 0 N–H and O–H groups in total. The summed E-state index contributed by atoms with van der Waals surface area (Å²) in [6, 6.07) is 0. The van der Waals surface area contributed by atoms with Crippen LogP contribution in [0.2, 0.25) is 18.1 Å². The molecule has 2 saturated carbocycles. The van der Waals surface area contributed by atoms with Crippen LogP contribution in [0.5, 0.6) is 0 Å². The van der Waals surface area contributed by atoms with Crippen molar-refractivity contribution in [2.24, 2.45) is 35.5 Å². The Hall–Kier alpha value is -0.983. The molecule has 6 heteroatoms. The molecule has 3 heterocycles. The Balaban J connectivity index is 1.61. The highest BCUT2D eigenvalue weighted by atomic mass is 28.4. The lowest BCUT2D eigenvalue weighted by Gasteiger charge is -2.57. The monoisotopic (exact) mass is 459 g/mol. The fourth-order valence-electron chi connectivity index (χ4n) is 7.63. The van der Waals surface area contributed by atoms with E-state index in [9.17, 15) is 9.59 Å². The maximum absolute atomic E-state index is 13.4. The van der Waals surface area contributed by atoms with Gasteiger partial charge in [0.1, 0.15) is 5.60 Å². The van der Waals surface area contributed by atoms with Crippen LogP contribution in [0, 0.1) is 35.5 Å². The van der Waals surface area contributed by atoms with Crippen LogP contribution < -0.4 is 0 Å². The van der Waals surface area contributed by atoms with E-state index in [-0.39, 0.29) is 46.8 Å². The van der Waals surface area contributed by atoms with Gasteiger partial charge in [0.15, 0.2) is 8.32 Å². The topological polar surface area (TPSA) is 55.8 Å². The van der Waals surface area contributed by atoms with Gasteiger partial charge in [-0.3, -0.25) is 14.5 Å². The molecule has 0 aromatic rings. The van der Waals surface area contributed by atoms with Crippen molar-refractivity contribution in [3.63, 3.8) is 0 Å². The smallest absolute Gasteiger partial charge is 0.236 e. The van der Waals surface area contributed by atoms with E-state index in [1.807, 2.05) is 0 Å². The van der Waals surface area contributed by atoms with E-state index < -0.39 is 13.9 Å². The average Bonchev–Trinajstić information content (AvgIpc) is 3.30. The summed E-state index contributed by atoms with van der Waals surface area (Å²) in [7, 11) is -0.356. The van der Waals surface area contributed by atoms with Gasteiger partial charge in [0.2, 0.25) is 11.8 Å². The van der Waals surface area contributed by atoms with Gasteiger partial charge in [-0.1, -0.05) is 40.7 Å². The van der Waals surface area contributed by atoms with E-state index in [1.54, 1.807) is 7.05 Å². The van der Waals surface area contributed by atoms with Crippen molar-refractivity contribution in [3.8, 4) is 0 Å². The van der Waals surface area contributed by atoms with Crippen molar-refractivity contribution in [3.05, 3.63) is 11.6 Å². The molecule has 0 unspecified atom stereocenters. The van der Waals surface area contributed by atoms with Gasteiger partial charge in [0.05, 0.1) is 24.0 Å². The lowest BCUT2D eigenvalue weighted by molar-refractivity contribution is -0.162.